The Morgan fingerprint density at radius 1 is 0.700 bits per heavy atom. The standard InChI is InChI=1S/C15H36O3Si2/c1-7-16-19(6,17-8-2)15-13-12-14-18-20(9-3,10-4)11-5/h7-15H2,1-6H3. The van der Waals surface area contributed by atoms with E-state index >= 15 is 0 Å². The van der Waals surface area contributed by atoms with Crippen LogP contribution in [0.4, 0.5) is 0 Å². The largest absolute Gasteiger partial charge is 0.417 e. The van der Waals surface area contributed by atoms with Crippen molar-refractivity contribution in [2.45, 2.75) is 78.2 Å². The highest BCUT2D eigenvalue weighted by Crippen LogP contribution is 2.23. The zero-order valence-corrected chi connectivity index (χ0v) is 16.6. The van der Waals surface area contributed by atoms with Crippen LogP contribution in [0.1, 0.15) is 47.5 Å². The molecule has 0 N–H and O–H groups in total. The molecule has 0 heterocycles. The Kier molecular flexibility index (Phi) is 11.1. The van der Waals surface area contributed by atoms with Crippen LogP contribution in [0, 0.1) is 0 Å². The van der Waals surface area contributed by atoms with E-state index in [-0.39, 0.29) is 0 Å². The van der Waals surface area contributed by atoms with Gasteiger partial charge in [0.1, 0.15) is 0 Å². The lowest BCUT2D eigenvalue weighted by Crippen LogP contribution is -2.39. The Morgan fingerprint density at radius 3 is 1.60 bits per heavy atom. The Labute approximate surface area is 128 Å². The molecule has 0 spiro atoms. The molecule has 0 aromatic heterocycles. The smallest absolute Gasteiger partial charge is 0.334 e. The van der Waals surface area contributed by atoms with Crippen LogP contribution in [-0.2, 0) is 13.3 Å². The van der Waals surface area contributed by atoms with Crippen molar-refractivity contribution in [2.24, 2.45) is 0 Å². The molecule has 0 aromatic carbocycles. The van der Waals surface area contributed by atoms with Gasteiger partial charge < -0.3 is 13.3 Å². The summed E-state index contributed by atoms with van der Waals surface area (Å²) in [6.45, 7) is 15.6. The van der Waals surface area contributed by atoms with Gasteiger partial charge in [0, 0.05) is 19.8 Å². The highest BCUT2D eigenvalue weighted by atomic mass is 28.4. The fourth-order valence-electron chi connectivity index (χ4n) is 2.69. The van der Waals surface area contributed by atoms with Gasteiger partial charge in [-0.1, -0.05) is 20.8 Å². The van der Waals surface area contributed by atoms with E-state index in [1.165, 1.54) is 18.1 Å². The summed E-state index contributed by atoms with van der Waals surface area (Å²) in [6, 6.07) is 4.80. The molecule has 0 radical (unpaired) electrons. The molecule has 0 atom stereocenters. The Balaban J connectivity index is 4.00. The molecule has 0 bridgehead atoms. The second-order valence-corrected chi connectivity index (χ2v) is 13.7. The highest BCUT2D eigenvalue weighted by molar-refractivity contribution is 6.73. The number of rotatable bonds is 13. The van der Waals surface area contributed by atoms with E-state index < -0.39 is 16.9 Å². The van der Waals surface area contributed by atoms with Gasteiger partial charge in [0.2, 0.25) is 0 Å². The molecule has 0 fully saturated rings. The molecule has 5 heteroatoms. The highest BCUT2D eigenvalue weighted by Gasteiger charge is 2.31. The van der Waals surface area contributed by atoms with Gasteiger partial charge in [-0.2, -0.15) is 0 Å². The Morgan fingerprint density at radius 2 is 1.20 bits per heavy atom. The first kappa shape index (κ1) is 20.3. The average Bonchev–Trinajstić information content (AvgIpc) is 2.44. The summed E-state index contributed by atoms with van der Waals surface area (Å²) in [5.41, 5.74) is 0. The van der Waals surface area contributed by atoms with Crippen molar-refractivity contribution in [3.63, 3.8) is 0 Å². The maximum atomic E-state index is 6.28. The first-order valence-electron chi connectivity index (χ1n) is 8.43. The van der Waals surface area contributed by atoms with Crippen molar-refractivity contribution < 1.29 is 13.3 Å². The Hall–Kier alpha value is 0.314. The maximum absolute atomic E-state index is 6.28. The van der Waals surface area contributed by atoms with E-state index in [1.54, 1.807) is 0 Å². The van der Waals surface area contributed by atoms with Crippen molar-refractivity contribution in [3.8, 4) is 0 Å². The molecule has 0 saturated heterocycles. The molecule has 0 aliphatic carbocycles. The molecule has 0 unspecified atom stereocenters. The molecule has 20 heavy (non-hydrogen) atoms. The molecule has 0 saturated carbocycles. The molecule has 0 aliphatic heterocycles. The van der Waals surface area contributed by atoms with E-state index in [0.717, 1.165) is 38.7 Å². The lowest BCUT2D eigenvalue weighted by molar-refractivity contribution is 0.187. The zero-order chi connectivity index (χ0) is 15.5. The van der Waals surface area contributed by atoms with Gasteiger partial charge >= 0.3 is 8.56 Å². The first-order valence-corrected chi connectivity index (χ1v) is 13.5. The fourth-order valence-corrected chi connectivity index (χ4v) is 7.86. The van der Waals surface area contributed by atoms with E-state index in [1.807, 2.05) is 0 Å². The van der Waals surface area contributed by atoms with Gasteiger partial charge in [-0.3, -0.25) is 0 Å². The van der Waals surface area contributed by atoms with Crippen LogP contribution in [-0.4, -0.2) is 36.7 Å². The quantitative estimate of drug-likeness (QED) is 0.355. The predicted molar refractivity (Wildman–Crippen MR) is 92.1 cm³/mol. The van der Waals surface area contributed by atoms with Gasteiger partial charge in [-0.15, -0.1) is 0 Å². The van der Waals surface area contributed by atoms with E-state index in [4.69, 9.17) is 13.3 Å². The van der Waals surface area contributed by atoms with Gasteiger partial charge in [0.25, 0.3) is 0 Å². The number of hydrogen-bond acceptors (Lipinski definition) is 3. The summed E-state index contributed by atoms with van der Waals surface area (Å²) in [7, 11) is -3.31. The van der Waals surface area contributed by atoms with Gasteiger partial charge in [0.15, 0.2) is 8.32 Å². The Bertz CT molecular complexity index is 219. The van der Waals surface area contributed by atoms with Crippen LogP contribution >= 0.6 is 0 Å². The predicted octanol–water partition coefficient (Wildman–Crippen LogP) is 4.93. The number of hydrogen-bond donors (Lipinski definition) is 0. The molecule has 0 rings (SSSR count). The third-order valence-electron chi connectivity index (χ3n) is 4.27. The minimum Gasteiger partial charge on any atom is -0.417 e. The molecule has 0 amide bonds. The SMILES string of the molecule is CCO[Si](C)(CCCCO[Si](CC)(CC)CC)OCC. The summed E-state index contributed by atoms with van der Waals surface area (Å²) < 4.78 is 18.0. The minimum atomic E-state index is -1.91. The van der Waals surface area contributed by atoms with Crippen LogP contribution in [0.15, 0.2) is 0 Å². The molecule has 3 nitrogen and oxygen atoms in total. The summed E-state index contributed by atoms with van der Waals surface area (Å²) in [4.78, 5) is 0. The molecule has 0 aliphatic rings. The third kappa shape index (κ3) is 7.36. The molecular weight excluding hydrogens is 284 g/mol. The fraction of sp³-hybridized carbons (Fsp3) is 1.00. The number of unbranched alkanes of at least 4 members (excludes halogenated alkanes) is 1. The van der Waals surface area contributed by atoms with Crippen LogP contribution in [0.5, 0.6) is 0 Å². The normalized spacial score (nSPS) is 12.9. The second kappa shape index (κ2) is 11.0. The van der Waals surface area contributed by atoms with Gasteiger partial charge in [0.05, 0.1) is 0 Å². The van der Waals surface area contributed by atoms with Crippen molar-refractivity contribution >= 4 is 16.9 Å². The second-order valence-electron chi connectivity index (χ2n) is 5.55. The lowest BCUT2D eigenvalue weighted by atomic mass is 10.4. The minimum absolute atomic E-state index is 0.761. The summed E-state index contributed by atoms with van der Waals surface area (Å²) in [6.07, 6.45) is 2.29. The monoisotopic (exact) mass is 320 g/mol. The molecular formula is C15H36O3Si2. The van der Waals surface area contributed by atoms with Gasteiger partial charge in [-0.25, -0.2) is 0 Å². The van der Waals surface area contributed by atoms with Crippen LogP contribution in [0.2, 0.25) is 30.7 Å². The van der Waals surface area contributed by atoms with E-state index in [2.05, 4.69) is 41.2 Å². The van der Waals surface area contributed by atoms with Gasteiger partial charge in [-0.05, 0) is 57.4 Å². The molecule has 0 aromatic rings. The summed E-state index contributed by atoms with van der Waals surface area (Å²) in [5, 5.41) is 0. The van der Waals surface area contributed by atoms with Crippen molar-refractivity contribution in [3.05, 3.63) is 0 Å². The topological polar surface area (TPSA) is 27.7 Å². The molecule has 122 valence electrons. The van der Waals surface area contributed by atoms with E-state index in [9.17, 15) is 0 Å². The van der Waals surface area contributed by atoms with Crippen molar-refractivity contribution in [1.29, 1.82) is 0 Å². The average molecular weight is 321 g/mol. The van der Waals surface area contributed by atoms with Crippen LogP contribution < -0.4 is 0 Å². The van der Waals surface area contributed by atoms with E-state index in [0.29, 0.717) is 0 Å². The van der Waals surface area contributed by atoms with Crippen molar-refractivity contribution in [2.75, 3.05) is 19.8 Å². The van der Waals surface area contributed by atoms with Crippen LogP contribution in [0.25, 0.3) is 0 Å². The maximum Gasteiger partial charge on any atom is 0.334 e. The third-order valence-corrected chi connectivity index (χ3v) is 12.0. The summed E-state index contributed by atoms with van der Waals surface area (Å²) >= 11 is 0. The lowest BCUT2D eigenvalue weighted by Gasteiger charge is -2.29. The zero-order valence-electron chi connectivity index (χ0n) is 14.6. The van der Waals surface area contributed by atoms with Crippen LogP contribution in [0.3, 0.4) is 0 Å². The first-order chi connectivity index (χ1) is 9.51. The summed E-state index contributed by atoms with van der Waals surface area (Å²) in [5.74, 6) is 0. The van der Waals surface area contributed by atoms with Crippen molar-refractivity contribution in [1.82, 2.24) is 0 Å².